The van der Waals surface area contributed by atoms with Crippen molar-refractivity contribution in [3.05, 3.63) is 16.1 Å². The van der Waals surface area contributed by atoms with Gasteiger partial charge in [-0.3, -0.25) is 0 Å². The summed E-state index contributed by atoms with van der Waals surface area (Å²) in [5.41, 5.74) is 1.39. The average Bonchev–Trinajstić information content (AvgIpc) is 2.56. The monoisotopic (exact) mass is 271 g/mol. The van der Waals surface area contributed by atoms with E-state index in [0.29, 0.717) is 0 Å². The molecule has 1 atom stereocenters. The minimum Gasteiger partial charge on any atom is -0.331 e. The lowest BCUT2D eigenvalue weighted by molar-refractivity contribution is 0.372. The molecule has 2 rings (SSSR count). The minimum atomic E-state index is 0.764. The molecule has 0 aromatic carbocycles. The number of fused-ring (bicyclic) bond motifs is 1. The molecule has 84 valence electrons. The van der Waals surface area contributed by atoms with Crippen LogP contribution in [0.5, 0.6) is 0 Å². The van der Waals surface area contributed by atoms with Crippen molar-refractivity contribution >= 4 is 15.9 Å². The van der Waals surface area contributed by atoms with Crippen molar-refractivity contribution in [2.75, 3.05) is 13.6 Å². The largest absolute Gasteiger partial charge is 0.331 e. The zero-order valence-corrected chi connectivity index (χ0v) is 11.0. The van der Waals surface area contributed by atoms with E-state index < -0.39 is 0 Å². The summed E-state index contributed by atoms with van der Waals surface area (Å²) in [6.45, 7) is 4.41. The zero-order valence-electron chi connectivity index (χ0n) is 9.39. The Morgan fingerprint density at radius 2 is 2.40 bits per heavy atom. The summed E-state index contributed by atoms with van der Waals surface area (Å²) in [6.07, 6.45) is 3.44. The van der Waals surface area contributed by atoms with Crippen LogP contribution in [0.1, 0.15) is 24.9 Å². The van der Waals surface area contributed by atoms with Gasteiger partial charge in [0.15, 0.2) is 0 Å². The molecule has 1 unspecified atom stereocenters. The van der Waals surface area contributed by atoms with Crippen LogP contribution in [0, 0.1) is 5.92 Å². The average molecular weight is 272 g/mol. The minimum absolute atomic E-state index is 0.764. The number of hydrogen-bond donors (Lipinski definition) is 1. The molecule has 0 saturated carbocycles. The van der Waals surface area contributed by atoms with Crippen molar-refractivity contribution in [1.29, 1.82) is 0 Å². The number of hydrogen-bond acceptors (Lipinski definition) is 2. The van der Waals surface area contributed by atoms with Gasteiger partial charge >= 0.3 is 0 Å². The first-order valence-electron chi connectivity index (χ1n) is 5.64. The van der Waals surface area contributed by atoms with Gasteiger partial charge in [-0.25, -0.2) is 4.98 Å². The van der Waals surface area contributed by atoms with Gasteiger partial charge in [-0.05, 0) is 48.3 Å². The summed E-state index contributed by atoms with van der Waals surface area (Å²) in [5.74, 6) is 1.99. The van der Waals surface area contributed by atoms with Gasteiger partial charge in [0, 0.05) is 13.0 Å². The fourth-order valence-electron chi connectivity index (χ4n) is 2.38. The molecule has 4 heteroatoms. The second-order valence-corrected chi connectivity index (χ2v) is 4.94. The number of aryl methyl sites for hydroxylation is 1. The van der Waals surface area contributed by atoms with Crippen LogP contribution in [-0.4, -0.2) is 23.1 Å². The number of aromatic nitrogens is 2. The zero-order chi connectivity index (χ0) is 10.8. The first-order chi connectivity index (χ1) is 7.26. The molecular weight excluding hydrogens is 254 g/mol. The fraction of sp³-hybridized carbons (Fsp3) is 0.727. The Morgan fingerprint density at radius 3 is 3.07 bits per heavy atom. The van der Waals surface area contributed by atoms with Crippen LogP contribution < -0.4 is 5.32 Å². The number of nitrogens with zero attached hydrogens (tertiary/aromatic N) is 2. The van der Waals surface area contributed by atoms with Crippen LogP contribution in [-0.2, 0) is 19.4 Å². The van der Waals surface area contributed by atoms with E-state index in [1.807, 2.05) is 7.05 Å². The van der Waals surface area contributed by atoms with E-state index in [4.69, 9.17) is 0 Å². The molecule has 0 amide bonds. The molecule has 0 aliphatic carbocycles. The lowest BCUT2D eigenvalue weighted by atomic mass is 9.96. The Hall–Kier alpha value is -0.350. The Bertz CT molecular complexity index is 346. The maximum atomic E-state index is 4.56. The van der Waals surface area contributed by atoms with Crippen LogP contribution in [0.15, 0.2) is 4.60 Å². The number of imidazole rings is 1. The summed E-state index contributed by atoms with van der Waals surface area (Å²) in [7, 11) is 2.03. The van der Waals surface area contributed by atoms with Crippen molar-refractivity contribution in [2.45, 2.75) is 32.7 Å². The first kappa shape index (κ1) is 11.1. The normalized spacial score (nSPS) is 20.3. The molecule has 0 spiro atoms. The number of halogens is 1. The molecule has 1 aliphatic rings. The first-order valence-corrected chi connectivity index (χ1v) is 6.44. The standard InChI is InChI=1S/C11H18BrN3/c1-3-10-14-11(12)9-6-8(7-13-2)4-5-15(9)10/h8,13H,3-7H2,1-2H3. The SMILES string of the molecule is CCc1nc(Br)c2n1CCC(CNC)C2. The van der Waals surface area contributed by atoms with Crippen LogP contribution >= 0.6 is 15.9 Å². The third-order valence-electron chi connectivity index (χ3n) is 3.15. The van der Waals surface area contributed by atoms with Crippen molar-refractivity contribution < 1.29 is 0 Å². The Kier molecular flexibility index (Phi) is 3.46. The number of nitrogens with one attached hydrogen (secondary N) is 1. The van der Waals surface area contributed by atoms with Gasteiger partial charge in [-0.1, -0.05) is 6.92 Å². The molecule has 1 aromatic heterocycles. The predicted molar refractivity (Wildman–Crippen MR) is 65.0 cm³/mol. The van der Waals surface area contributed by atoms with Crippen LogP contribution in [0.4, 0.5) is 0 Å². The summed E-state index contributed by atoms with van der Waals surface area (Å²) < 4.78 is 3.44. The highest BCUT2D eigenvalue weighted by Crippen LogP contribution is 2.27. The summed E-state index contributed by atoms with van der Waals surface area (Å²) in [5, 5.41) is 3.26. The molecule has 0 radical (unpaired) electrons. The summed E-state index contributed by atoms with van der Waals surface area (Å²) in [6, 6.07) is 0. The molecule has 2 heterocycles. The van der Waals surface area contributed by atoms with Gasteiger partial charge in [-0.2, -0.15) is 0 Å². The molecule has 1 N–H and O–H groups in total. The van der Waals surface area contributed by atoms with E-state index >= 15 is 0 Å². The van der Waals surface area contributed by atoms with E-state index in [1.54, 1.807) is 0 Å². The highest BCUT2D eigenvalue weighted by molar-refractivity contribution is 9.10. The van der Waals surface area contributed by atoms with E-state index in [1.165, 1.54) is 17.9 Å². The third-order valence-corrected chi connectivity index (χ3v) is 3.79. The third kappa shape index (κ3) is 2.11. The maximum absolute atomic E-state index is 4.56. The highest BCUT2D eigenvalue weighted by Gasteiger charge is 2.23. The van der Waals surface area contributed by atoms with Crippen molar-refractivity contribution in [3.63, 3.8) is 0 Å². The summed E-state index contributed by atoms with van der Waals surface area (Å²) >= 11 is 3.57. The van der Waals surface area contributed by atoms with Crippen molar-refractivity contribution in [3.8, 4) is 0 Å². The Balaban J connectivity index is 2.22. The fourth-order valence-corrected chi connectivity index (χ4v) is 2.96. The smallest absolute Gasteiger partial charge is 0.127 e. The van der Waals surface area contributed by atoms with Gasteiger partial charge in [-0.15, -0.1) is 0 Å². The van der Waals surface area contributed by atoms with E-state index in [9.17, 15) is 0 Å². The van der Waals surface area contributed by atoms with Crippen molar-refractivity contribution in [1.82, 2.24) is 14.9 Å². The Labute approximate surface area is 99.4 Å². The summed E-state index contributed by atoms with van der Waals surface area (Å²) in [4.78, 5) is 4.56. The van der Waals surface area contributed by atoms with Gasteiger partial charge in [0.1, 0.15) is 10.4 Å². The Morgan fingerprint density at radius 1 is 1.60 bits per heavy atom. The van der Waals surface area contributed by atoms with Gasteiger partial charge in [0.25, 0.3) is 0 Å². The van der Waals surface area contributed by atoms with E-state index in [2.05, 4.69) is 37.7 Å². The molecule has 0 saturated heterocycles. The molecule has 1 aromatic rings. The predicted octanol–water partition coefficient (Wildman–Crippen LogP) is 1.99. The van der Waals surface area contributed by atoms with E-state index in [-0.39, 0.29) is 0 Å². The van der Waals surface area contributed by atoms with Gasteiger partial charge in [0.05, 0.1) is 5.69 Å². The highest BCUT2D eigenvalue weighted by atomic mass is 79.9. The van der Waals surface area contributed by atoms with Crippen LogP contribution in [0.3, 0.4) is 0 Å². The molecule has 15 heavy (non-hydrogen) atoms. The molecule has 0 bridgehead atoms. The molecule has 1 aliphatic heterocycles. The lowest BCUT2D eigenvalue weighted by Crippen LogP contribution is -2.27. The maximum Gasteiger partial charge on any atom is 0.127 e. The number of rotatable bonds is 3. The quantitative estimate of drug-likeness (QED) is 0.912. The van der Waals surface area contributed by atoms with E-state index in [0.717, 1.165) is 36.5 Å². The molecule has 3 nitrogen and oxygen atoms in total. The van der Waals surface area contributed by atoms with Crippen LogP contribution in [0.25, 0.3) is 0 Å². The van der Waals surface area contributed by atoms with Crippen molar-refractivity contribution in [2.24, 2.45) is 5.92 Å². The molecule has 0 fully saturated rings. The van der Waals surface area contributed by atoms with Crippen LogP contribution in [0.2, 0.25) is 0 Å². The molecular formula is C11H18BrN3. The lowest BCUT2D eigenvalue weighted by Gasteiger charge is -2.24. The topological polar surface area (TPSA) is 29.9 Å². The second-order valence-electron chi connectivity index (χ2n) is 4.19. The van der Waals surface area contributed by atoms with Gasteiger partial charge < -0.3 is 9.88 Å². The van der Waals surface area contributed by atoms with Gasteiger partial charge in [0.2, 0.25) is 0 Å². The second kappa shape index (κ2) is 4.66.